The molecule has 0 aromatic heterocycles. The minimum Gasteiger partial charge on any atom is -0.481 e. The van der Waals surface area contributed by atoms with Crippen LogP contribution in [0, 0.1) is 5.41 Å². The maximum Gasteiger partial charge on any atom is 0.407 e. The maximum absolute atomic E-state index is 13.3. The standard InChI is InChI=1S/C27H32N2O6/c1-17(34-3)23(24(30)29-14-8-13-27(2,16-29)25(31)32)28-26(33)35-15-22-20-11-6-4-9-18(20)19-10-5-7-12-21(19)22/h4-7,9-12,17,22-23H,8,13-16H2,1-3H3,(H,28,33)(H,31,32)/t17-,23+,27?/m1/s1. The van der Waals surface area contributed by atoms with Crippen LogP contribution in [0.15, 0.2) is 48.5 Å². The number of nitrogens with zero attached hydrogens (tertiary/aromatic N) is 1. The molecule has 2 aromatic carbocycles. The third-order valence-electron chi connectivity index (χ3n) is 7.25. The fraction of sp³-hybridized carbons (Fsp3) is 0.444. The monoisotopic (exact) mass is 480 g/mol. The highest BCUT2D eigenvalue weighted by atomic mass is 16.5. The van der Waals surface area contributed by atoms with Gasteiger partial charge in [0.1, 0.15) is 12.6 Å². The maximum atomic E-state index is 13.3. The van der Waals surface area contributed by atoms with Crippen LogP contribution in [0.5, 0.6) is 0 Å². The number of carbonyl (C=O) groups excluding carboxylic acids is 2. The van der Waals surface area contributed by atoms with Crippen LogP contribution in [0.1, 0.15) is 43.7 Å². The number of carboxylic acids is 1. The van der Waals surface area contributed by atoms with E-state index in [0.717, 1.165) is 22.3 Å². The highest BCUT2D eigenvalue weighted by molar-refractivity contribution is 5.87. The quantitative estimate of drug-likeness (QED) is 0.627. The Morgan fingerprint density at radius 1 is 1.11 bits per heavy atom. The highest BCUT2D eigenvalue weighted by Crippen LogP contribution is 2.44. The van der Waals surface area contributed by atoms with E-state index in [9.17, 15) is 19.5 Å². The molecule has 8 nitrogen and oxygen atoms in total. The molecule has 1 aliphatic heterocycles. The molecule has 8 heteroatoms. The number of carboxylic acid groups (broad SMARTS) is 1. The van der Waals surface area contributed by atoms with E-state index in [4.69, 9.17) is 9.47 Å². The number of aliphatic carboxylic acids is 1. The molecule has 0 spiro atoms. The summed E-state index contributed by atoms with van der Waals surface area (Å²) in [5.41, 5.74) is 3.44. The van der Waals surface area contributed by atoms with Gasteiger partial charge in [0, 0.05) is 26.1 Å². The summed E-state index contributed by atoms with van der Waals surface area (Å²) in [5.74, 6) is -1.41. The van der Waals surface area contributed by atoms with Crippen molar-refractivity contribution in [2.24, 2.45) is 5.41 Å². The lowest BCUT2D eigenvalue weighted by Crippen LogP contribution is -2.58. The number of benzene rings is 2. The fourth-order valence-corrected chi connectivity index (χ4v) is 5.08. The molecule has 0 radical (unpaired) electrons. The van der Waals surface area contributed by atoms with E-state index in [2.05, 4.69) is 17.4 Å². The first-order valence-corrected chi connectivity index (χ1v) is 11.9. The molecule has 1 aliphatic carbocycles. The minimum atomic E-state index is -1.02. The van der Waals surface area contributed by atoms with Crippen molar-refractivity contribution in [3.8, 4) is 11.1 Å². The van der Waals surface area contributed by atoms with Gasteiger partial charge in [0.25, 0.3) is 0 Å². The molecule has 1 heterocycles. The SMILES string of the molecule is CO[C@H](C)[C@H](NC(=O)OCC1c2ccccc2-c2ccccc21)C(=O)N1CCCC(C)(C(=O)O)C1. The lowest BCUT2D eigenvalue weighted by molar-refractivity contribution is -0.154. The Kier molecular flexibility index (Phi) is 7.12. The second-order valence-electron chi connectivity index (χ2n) is 9.62. The summed E-state index contributed by atoms with van der Waals surface area (Å²) in [6.07, 6.45) is -0.266. The summed E-state index contributed by atoms with van der Waals surface area (Å²) in [7, 11) is 1.46. The molecule has 2 N–H and O–H groups in total. The molecule has 1 fully saturated rings. The summed E-state index contributed by atoms with van der Waals surface area (Å²) in [4.78, 5) is 39.4. The van der Waals surface area contributed by atoms with E-state index in [1.165, 1.54) is 12.0 Å². The van der Waals surface area contributed by atoms with E-state index >= 15 is 0 Å². The number of likely N-dealkylation sites (tertiary alicyclic amines) is 1. The topological polar surface area (TPSA) is 105 Å². The molecule has 1 unspecified atom stereocenters. The van der Waals surface area contributed by atoms with E-state index in [1.54, 1.807) is 13.8 Å². The Bertz CT molecular complexity index is 1070. The number of carbonyl (C=O) groups is 3. The predicted molar refractivity (Wildman–Crippen MR) is 130 cm³/mol. The number of amides is 2. The smallest absolute Gasteiger partial charge is 0.407 e. The van der Waals surface area contributed by atoms with Gasteiger partial charge in [-0.2, -0.15) is 0 Å². The first kappa shape index (κ1) is 24.7. The molecule has 0 saturated carbocycles. The summed E-state index contributed by atoms with van der Waals surface area (Å²) < 4.78 is 11.0. The molecule has 4 rings (SSSR count). The van der Waals surface area contributed by atoms with Crippen LogP contribution in [-0.4, -0.2) is 66.9 Å². The third kappa shape index (κ3) is 4.89. The van der Waals surface area contributed by atoms with E-state index in [-0.39, 0.29) is 25.0 Å². The number of hydrogen-bond acceptors (Lipinski definition) is 5. The molecule has 2 aromatic rings. The molecule has 2 amide bonds. The van der Waals surface area contributed by atoms with Crippen LogP contribution in [0.3, 0.4) is 0 Å². The van der Waals surface area contributed by atoms with Crippen LogP contribution >= 0.6 is 0 Å². The Morgan fingerprint density at radius 3 is 2.29 bits per heavy atom. The summed E-state index contributed by atoms with van der Waals surface area (Å²) in [6, 6.07) is 15.1. The number of nitrogens with one attached hydrogen (secondary N) is 1. The Balaban J connectivity index is 1.44. The summed E-state index contributed by atoms with van der Waals surface area (Å²) in [5, 5.41) is 12.3. The van der Waals surface area contributed by atoms with Crippen molar-refractivity contribution in [2.45, 2.75) is 44.8 Å². The molecule has 3 atom stereocenters. The first-order chi connectivity index (χ1) is 16.7. The number of piperidine rings is 1. The van der Waals surface area contributed by atoms with Gasteiger partial charge in [-0.1, -0.05) is 48.5 Å². The predicted octanol–water partition coefficient (Wildman–Crippen LogP) is 3.64. The first-order valence-electron chi connectivity index (χ1n) is 11.9. The molecule has 2 aliphatic rings. The van der Waals surface area contributed by atoms with Crippen molar-refractivity contribution in [1.29, 1.82) is 0 Å². The van der Waals surface area contributed by atoms with E-state index < -0.39 is 29.6 Å². The zero-order chi connectivity index (χ0) is 25.2. The van der Waals surface area contributed by atoms with Crippen molar-refractivity contribution in [3.05, 3.63) is 59.7 Å². The average molecular weight is 481 g/mol. The van der Waals surface area contributed by atoms with Crippen molar-refractivity contribution >= 4 is 18.0 Å². The summed E-state index contributed by atoms with van der Waals surface area (Å²) in [6.45, 7) is 3.97. The molecular formula is C27H32N2O6. The zero-order valence-corrected chi connectivity index (χ0v) is 20.3. The van der Waals surface area contributed by atoms with Gasteiger partial charge >= 0.3 is 12.1 Å². The largest absolute Gasteiger partial charge is 0.481 e. The number of alkyl carbamates (subject to hydrolysis) is 1. The van der Waals surface area contributed by atoms with Gasteiger partial charge in [0.2, 0.25) is 5.91 Å². The van der Waals surface area contributed by atoms with Gasteiger partial charge in [0.05, 0.1) is 11.5 Å². The van der Waals surface area contributed by atoms with Crippen LogP contribution in [0.2, 0.25) is 0 Å². The van der Waals surface area contributed by atoms with Crippen molar-refractivity contribution < 1.29 is 29.0 Å². The number of fused-ring (bicyclic) bond motifs is 3. The van der Waals surface area contributed by atoms with Gasteiger partial charge in [-0.15, -0.1) is 0 Å². The van der Waals surface area contributed by atoms with Crippen LogP contribution < -0.4 is 5.32 Å². The Hall–Kier alpha value is -3.39. The van der Waals surface area contributed by atoms with Crippen LogP contribution in [-0.2, 0) is 19.1 Å². The Morgan fingerprint density at radius 2 is 1.71 bits per heavy atom. The Labute approximate surface area is 205 Å². The normalized spacial score (nSPS) is 20.9. The highest BCUT2D eigenvalue weighted by Gasteiger charge is 2.42. The molecular weight excluding hydrogens is 448 g/mol. The second kappa shape index (κ2) is 10.1. The van der Waals surface area contributed by atoms with Gasteiger partial charge in [-0.05, 0) is 48.9 Å². The third-order valence-corrected chi connectivity index (χ3v) is 7.25. The lowest BCUT2D eigenvalue weighted by atomic mass is 9.82. The second-order valence-corrected chi connectivity index (χ2v) is 9.62. The summed E-state index contributed by atoms with van der Waals surface area (Å²) >= 11 is 0. The zero-order valence-electron chi connectivity index (χ0n) is 20.3. The molecule has 1 saturated heterocycles. The van der Waals surface area contributed by atoms with Gasteiger partial charge in [-0.3, -0.25) is 9.59 Å². The van der Waals surface area contributed by atoms with Crippen LogP contribution in [0.25, 0.3) is 11.1 Å². The lowest BCUT2D eigenvalue weighted by Gasteiger charge is -2.39. The van der Waals surface area contributed by atoms with Gasteiger partial charge in [-0.25, -0.2) is 4.79 Å². The number of methoxy groups -OCH3 is 1. The molecule has 0 bridgehead atoms. The average Bonchev–Trinajstić information content (AvgIpc) is 3.19. The van der Waals surface area contributed by atoms with E-state index in [1.807, 2.05) is 36.4 Å². The van der Waals surface area contributed by atoms with Crippen molar-refractivity contribution in [3.63, 3.8) is 0 Å². The van der Waals surface area contributed by atoms with Gasteiger partial charge < -0.3 is 24.8 Å². The molecule has 35 heavy (non-hydrogen) atoms. The molecule has 186 valence electrons. The van der Waals surface area contributed by atoms with Crippen molar-refractivity contribution in [2.75, 3.05) is 26.8 Å². The fourth-order valence-electron chi connectivity index (χ4n) is 5.08. The number of ether oxygens (including phenoxy) is 2. The van der Waals surface area contributed by atoms with E-state index in [0.29, 0.717) is 19.4 Å². The van der Waals surface area contributed by atoms with Crippen molar-refractivity contribution in [1.82, 2.24) is 10.2 Å². The van der Waals surface area contributed by atoms with Gasteiger partial charge in [0.15, 0.2) is 0 Å². The van der Waals surface area contributed by atoms with Crippen LogP contribution in [0.4, 0.5) is 4.79 Å². The minimum absolute atomic E-state index is 0.0838. The number of hydrogen-bond donors (Lipinski definition) is 2. The number of rotatable bonds is 7.